The zero-order valence-electron chi connectivity index (χ0n) is 25.3. The summed E-state index contributed by atoms with van der Waals surface area (Å²) in [5.74, 6) is 0.830. The van der Waals surface area contributed by atoms with E-state index in [2.05, 4.69) is 142 Å². The Morgan fingerprint density at radius 1 is 0.511 bits per heavy atom. The predicted octanol–water partition coefficient (Wildman–Crippen LogP) is 10.5. The van der Waals surface area contributed by atoms with Gasteiger partial charge in [0.25, 0.3) is 0 Å². The van der Waals surface area contributed by atoms with E-state index in [1.165, 1.54) is 0 Å². The zero-order chi connectivity index (χ0) is 30.7. The van der Waals surface area contributed by atoms with E-state index < -0.39 is 0 Å². The Kier molecular flexibility index (Phi) is 8.60. The van der Waals surface area contributed by atoms with Crippen LogP contribution < -0.4 is 4.90 Å². The van der Waals surface area contributed by atoms with Crippen LogP contribution in [0.5, 0.6) is 0 Å². The van der Waals surface area contributed by atoms with E-state index >= 15 is 0 Å². The summed E-state index contributed by atoms with van der Waals surface area (Å²) in [6.07, 6.45) is 3.66. The number of hydrogen-bond acceptors (Lipinski definition) is 3. The van der Waals surface area contributed by atoms with Crippen molar-refractivity contribution in [3.05, 3.63) is 182 Å². The molecule has 5 heteroatoms. The fourth-order valence-electron chi connectivity index (χ4n) is 6.06. The Labute approximate surface area is 288 Å². The fourth-order valence-corrected chi connectivity index (χ4v) is 6.06. The van der Waals surface area contributed by atoms with Crippen LogP contribution in [0.3, 0.4) is 0 Å². The van der Waals surface area contributed by atoms with Gasteiger partial charge in [-0.3, -0.25) is 0 Å². The smallest absolute Gasteiger partial charge is 0.352 e. The molecule has 0 fully saturated rings. The molecule has 8 rings (SSSR count). The van der Waals surface area contributed by atoms with E-state index in [-0.39, 0.29) is 21.1 Å². The summed E-state index contributed by atoms with van der Waals surface area (Å²) in [6.45, 7) is 0. The van der Waals surface area contributed by atoms with Crippen LogP contribution in [-0.4, -0.2) is 14.5 Å². The molecule has 8 aromatic rings. The van der Waals surface area contributed by atoms with Crippen molar-refractivity contribution in [3.8, 4) is 39.5 Å². The third kappa shape index (κ3) is 5.80. The molecule has 0 radical (unpaired) electrons. The SMILES string of the molecule is [Pt+2].[c-]1c(-c2ccccn2)cccc1N(c1[c-]c2c(cc1)c(-c1ccccc1)c(-c1ccccc1)n2-c1ccccn1)c1ccccc1. The molecule has 5 aromatic carbocycles. The van der Waals surface area contributed by atoms with Gasteiger partial charge in [-0.1, -0.05) is 108 Å². The first kappa shape index (κ1) is 30.1. The quantitative estimate of drug-likeness (QED) is 0.151. The molecule has 0 amide bonds. The second-order valence-corrected chi connectivity index (χ2v) is 10.9. The number of anilines is 3. The van der Waals surface area contributed by atoms with E-state index in [0.29, 0.717) is 0 Å². The van der Waals surface area contributed by atoms with Crippen LogP contribution in [0.1, 0.15) is 0 Å². The summed E-state index contributed by atoms with van der Waals surface area (Å²) in [4.78, 5) is 11.6. The Bertz CT molecular complexity index is 2240. The molecular weight excluding hydrogens is 756 g/mol. The summed E-state index contributed by atoms with van der Waals surface area (Å²) < 4.78 is 2.24. The topological polar surface area (TPSA) is 34.0 Å². The molecular formula is C42H28N4Pt. The molecule has 0 spiro atoms. The number of hydrogen-bond donors (Lipinski definition) is 0. The van der Waals surface area contributed by atoms with Crippen LogP contribution in [0, 0.1) is 12.1 Å². The maximum Gasteiger partial charge on any atom is 2.00 e. The first-order chi connectivity index (χ1) is 22.8. The molecule has 0 atom stereocenters. The normalized spacial score (nSPS) is 10.8. The van der Waals surface area contributed by atoms with Crippen molar-refractivity contribution >= 4 is 28.0 Å². The standard InChI is InChI=1S/C42H28N4.Pt/c1-4-15-31(16-5-1)41-37-26-25-36(30-39(37)46(40-24-11-13-28-44-40)42(41)32-17-6-2-7-18-32)45(34-20-8-3-9-21-34)35-22-14-19-33(29-35)38-23-10-12-27-43-38;/h1-28H;/q-2;+2. The minimum absolute atomic E-state index is 0. The number of benzene rings is 5. The molecule has 0 bridgehead atoms. The monoisotopic (exact) mass is 783 g/mol. The average molecular weight is 784 g/mol. The number of rotatable bonds is 7. The van der Waals surface area contributed by atoms with Gasteiger partial charge in [-0.2, -0.15) is 6.07 Å². The number of nitrogens with zero attached hydrogens (tertiary/aromatic N) is 4. The van der Waals surface area contributed by atoms with Crippen LogP contribution >= 0.6 is 0 Å². The fraction of sp³-hybridized carbons (Fsp3) is 0. The molecule has 4 nitrogen and oxygen atoms in total. The van der Waals surface area contributed by atoms with Gasteiger partial charge in [0.2, 0.25) is 0 Å². The number of aromatic nitrogens is 3. The first-order valence-corrected chi connectivity index (χ1v) is 15.3. The van der Waals surface area contributed by atoms with Crippen molar-refractivity contribution in [2.24, 2.45) is 0 Å². The summed E-state index contributed by atoms with van der Waals surface area (Å²) in [7, 11) is 0. The van der Waals surface area contributed by atoms with Gasteiger partial charge in [0, 0.05) is 23.8 Å². The zero-order valence-corrected chi connectivity index (χ0v) is 27.5. The molecule has 47 heavy (non-hydrogen) atoms. The second kappa shape index (κ2) is 13.4. The van der Waals surface area contributed by atoms with Gasteiger partial charge in [0.05, 0.1) is 0 Å². The van der Waals surface area contributed by atoms with Crippen LogP contribution in [0.15, 0.2) is 170 Å². The van der Waals surface area contributed by atoms with Gasteiger partial charge >= 0.3 is 21.1 Å². The first-order valence-electron chi connectivity index (χ1n) is 15.3. The molecule has 0 N–H and O–H groups in total. The molecule has 3 heterocycles. The molecule has 226 valence electrons. The van der Waals surface area contributed by atoms with Crippen LogP contribution in [-0.2, 0) is 21.1 Å². The van der Waals surface area contributed by atoms with Crippen LogP contribution in [0.25, 0.3) is 50.4 Å². The van der Waals surface area contributed by atoms with Crippen molar-refractivity contribution in [2.45, 2.75) is 0 Å². The third-order valence-electron chi connectivity index (χ3n) is 8.07. The van der Waals surface area contributed by atoms with Crippen molar-refractivity contribution in [1.29, 1.82) is 0 Å². The van der Waals surface area contributed by atoms with Crippen molar-refractivity contribution in [1.82, 2.24) is 14.5 Å². The van der Waals surface area contributed by atoms with E-state index in [0.717, 1.165) is 67.4 Å². The Morgan fingerprint density at radius 3 is 1.83 bits per heavy atom. The number of pyridine rings is 2. The average Bonchev–Trinajstić information content (AvgIpc) is 3.48. The minimum Gasteiger partial charge on any atom is -0.352 e. The Balaban J connectivity index is 0.00000351. The van der Waals surface area contributed by atoms with Gasteiger partial charge in [-0.15, -0.1) is 47.3 Å². The van der Waals surface area contributed by atoms with Gasteiger partial charge in [0.15, 0.2) is 0 Å². The summed E-state index contributed by atoms with van der Waals surface area (Å²) >= 11 is 0. The van der Waals surface area contributed by atoms with Gasteiger partial charge in [0.1, 0.15) is 5.82 Å². The van der Waals surface area contributed by atoms with Crippen molar-refractivity contribution < 1.29 is 21.1 Å². The van der Waals surface area contributed by atoms with E-state index in [4.69, 9.17) is 4.98 Å². The Morgan fingerprint density at radius 2 is 1.15 bits per heavy atom. The molecule has 0 unspecified atom stereocenters. The van der Waals surface area contributed by atoms with Gasteiger partial charge < -0.3 is 14.5 Å². The largest absolute Gasteiger partial charge is 2.00 e. The van der Waals surface area contributed by atoms with Crippen LogP contribution in [0.2, 0.25) is 0 Å². The maximum atomic E-state index is 4.84. The van der Waals surface area contributed by atoms with E-state index in [9.17, 15) is 0 Å². The van der Waals surface area contributed by atoms with Crippen molar-refractivity contribution in [3.63, 3.8) is 0 Å². The molecule has 0 saturated carbocycles. The number of para-hydroxylation sites is 1. The van der Waals surface area contributed by atoms with Gasteiger partial charge in [-0.25, -0.2) is 4.98 Å². The van der Waals surface area contributed by atoms with Crippen molar-refractivity contribution in [2.75, 3.05) is 4.90 Å². The van der Waals surface area contributed by atoms with E-state index in [1.807, 2.05) is 54.9 Å². The second-order valence-electron chi connectivity index (χ2n) is 10.9. The molecule has 0 aliphatic carbocycles. The minimum atomic E-state index is 0. The van der Waals surface area contributed by atoms with E-state index in [1.54, 1.807) is 0 Å². The molecule has 3 aromatic heterocycles. The maximum absolute atomic E-state index is 4.84. The van der Waals surface area contributed by atoms with Crippen LogP contribution in [0.4, 0.5) is 17.1 Å². The third-order valence-corrected chi connectivity index (χ3v) is 8.07. The molecule has 0 aliphatic heterocycles. The summed E-state index contributed by atoms with van der Waals surface area (Å²) in [5, 5.41) is 1.10. The molecule has 0 saturated heterocycles. The Hall–Kier alpha value is -5.57. The predicted molar refractivity (Wildman–Crippen MR) is 188 cm³/mol. The molecule has 0 aliphatic rings. The summed E-state index contributed by atoms with van der Waals surface area (Å²) in [5.41, 5.74) is 10.00. The summed E-state index contributed by atoms with van der Waals surface area (Å²) in [6, 6.07) is 61.5. The van der Waals surface area contributed by atoms with Gasteiger partial charge in [-0.05, 0) is 58.4 Å². The number of fused-ring (bicyclic) bond motifs is 1.